The van der Waals surface area contributed by atoms with Crippen molar-refractivity contribution in [2.24, 2.45) is 0 Å². The van der Waals surface area contributed by atoms with Gasteiger partial charge in [-0.25, -0.2) is 4.98 Å². The van der Waals surface area contributed by atoms with Crippen molar-refractivity contribution >= 4 is 27.0 Å². The molecule has 0 bridgehead atoms. The number of nitrogens with zero attached hydrogens (tertiary/aromatic N) is 2. The van der Waals surface area contributed by atoms with Crippen LogP contribution >= 0.6 is 15.9 Å². The van der Waals surface area contributed by atoms with Crippen molar-refractivity contribution in [1.29, 1.82) is 0 Å². The number of imidazole rings is 1. The quantitative estimate of drug-likeness (QED) is 0.727. The minimum Gasteiger partial charge on any atom is -0.338 e. The third kappa shape index (κ3) is 2.16. The second kappa shape index (κ2) is 4.46. The number of aromatic amines is 1. The van der Waals surface area contributed by atoms with Crippen molar-refractivity contribution in [3.05, 3.63) is 45.7 Å². The van der Waals surface area contributed by atoms with Crippen LogP contribution < -0.4 is 0 Å². The molecule has 2 aromatic heterocycles. The topological polar surface area (TPSA) is 41.6 Å². The van der Waals surface area contributed by atoms with Gasteiger partial charge in [0.15, 0.2) is 0 Å². The molecule has 0 amide bonds. The van der Waals surface area contributed by atoms with E-state index in [4.69, 9.17) is 4.98 Å². The average molecular weight is 316 g/mol. The highest BCUT2D eigenvalue weighted by atomic mass is 79.9. The monoisotopic (exact) mass is 315 g/mol. The van der Waals surface area contributed by atoms with Crippen LogP contribution in [0.15, 0.2) is 28.7 Å². The van der Waals surface area contributed by atoms with E-state index in [1.165, 1.54) is 0 Å². The molecule has 2 heterocycles. The lowest BCUT2D eigenvalue weighted by atomic mass is 10.2. The number of aryl methyl sites for hydroxylation is 3. The molecule has 0 aliphatic rings. The Morgan fingerprint density at radius 2 is 1.84 bits per heavy atom. The Bertz CT molecular complexity index is 774. The van der Waals surface area contributed by atoms with Gasteiger partial charge in [-0.15, -0.1) is 0 Å². The largest absolute Gasteiger partial charge is 0.338 e. The molecule has 1 aromatic carbocycles. The van der Waals surface area contributed by atoms with Crippen molar-refractivity contribution < 1.29 is 0 Å². The van der Waals surface area contributed by atoms with E-state index < -0.39 is 0 Å². The summed E-state index contributed by atoms with van der Waals surface area (Å²) in [6.45, 7) is 6.08. The van der Waals surface area contributed by atoms with Gasteiger partial charge in [-0.3, -0.25) is 4.98 Å². The number of benzene rings is 1. The third-order valence-corrected chi connectivity index (χ3v) is 3.68. The van der Waals surface area contributed by atoms with Crippen molar-refractivity contribution in [1.82, 2.24) is 15.0 Å². The second-order valence-electron chi connectivity index (χ2n) is 4.79. The first-order valence-electron chi connectivity index (χ1n) is 6.15. The first-order valence-corrected chi connectivity index (χ1v) is 6.94. The molecule has 3 aromatic rings. The maximum Gasteiger partial charge on any atom is 0.140 e. The van der Waals surface area contributed by atoms with Crippen molar-refractivity contribution in [3.63, 3.8) is 0 Å². The van der Waals surface area contributed by atoms with Gasteiger partial charge in [0.05, 0.1) is 11.0 Å². The van der Waals surface area contributed by atoms with E-state index >= 15 is 0 Å². The Labute approximate surface area is 120 Å². The summed E-state index contributed by atoms with van der Waals surface area (Å²) in [6, 6.07) is 8.21. The Hall–Kier alpha value is -1.68. The van der Waals surface area contributed by atoms with E-state index in [-0.39, 0.29) is 0 Å². The minimum absolute atomic E-state index is 0.876. The maximum absolute atomic E-state index is 4.70. The molecule has 0 unspecified atom stereocenters. The van der Waals surface area contributed by atoms with Crippen LogP contribution in [0.3, 0.4) is 0 Å². The number of hydrogen-bond acceptors (Lipinski definition) is 2. The Balaban J connectivity index is 2.23. The third-order valence-electron chi connectivity index (χ3n) is 3.22. The molecule has 0 radical (unpaired) electrons. The van der Waals surface area contributed by atoms with Crippen LogP contribution in [-0.2, 0) is 0 Å². The SMILES string of the molecule is Cc1ccc(-c2nc3c(C)cc(Br)cc3[nH]2)c(C)n1. The van der Waals surface area contributed by atoms with Crippen molar-refractivity contribution in [3.8, 4) is 11.4 Å². The van der Waals surface area contributed by atoms with Crippen LogP contribution in [0, 0.1) is 20.8 Å². The molecule has 96 valence electrons. The lowest BCUT2D eigenvalue weighted by Crippen LogP contribution is -1.91. The van der Waals surface area contributed by atoms with Crippen LogP contribution in [0.2, 0.25) is 0 Å². The minimum atomic E-state index is 0.876. The number of pyridine rings is 1. The van der Waals surface area contributed by atoms with E-state index in [0.29, 0.717) is 0 Å². The lowest BCUT2D eigenvalue weighted by Gasteiger charge is -2.02. The molecule has 0 spiro atoms. The first-order chi connectivity index (χ1) is 9.04. The van der Waals surface area contributed by atoms with E-state index in [1.807, 2.05) is 19.9 Å². The van der Waals surface area contributed by atoms with E-state index in [9.17, 15) is 0 Å². The normalized spacial score (nSPS) is 11.2. The smallest absolute Gasteiger partial charge is 0.140 e. The van der Waals surface area contributed by atoms with Crippen LogP contribution in [0.5, 0.6) is 0 Å². The van der Waals surface area contributed by atoms with Crippen LogP contribution in [-0.4, -0.2) is 15.0 Å². The summed E-state index contributed by atoms with van der Waals surface area (Å²) < 4.78 is 1.06. The van der Waals surface area contributed by atoms with Gasteiger partial charge in [-0.1, -0.05) is 15.9 Å². The molecular weight excluding hydrogens is 302 g/mol. The molecule has 19 heavy (non-hydrogen) atoms. The highest BCUT2D eigenvalue weighted by molar-refractivity contribution is 9.10. The molecule has 0 fully saturated rings. The molecular formula is C15H14BrN3. The number of aromatic nitrogens is 3. The molecule has 0 atom stereocenters. The van der Waals surface area contributed by atoms with Gasteiger partial charge < -0.3 is 4.98 Å². The predicted octanol–water partition coefficient (Wildman–Crippen LogP) is 4.31. The van der Waals surface area contributed by atoms with Crippen LogP contribution in [0.4, 0.5) is 0 Å². The average Bonchev–Trinajstić information content (AvgIpc) is 2.72. The van der Waals surface area contributed by atoms with E-state index in [2.05, 4.69) is 51.0 Å². The number of hydrogen-bond donors (Lipinski definition) is 1. The Morgan fingerprint density at radius 3 is 2.58 bits per heavy atom. The van der Waals surface area contributed by atoms with Gasteiger partial charge in [0.1, 0.15) is 5.82 Å². The van der Waals surface area contributed by atoms with E-state index in [0.717, 1.165) is 43.8 Å². The zero-order valence-corrected chi connectivity index (χ0v) is 12.7. The summed E-state index contributed by atoms with van der Waals surface area (Å²) in [5, 5.41) is 0. The fraction of sp³-hybridized carbons (Fsp3) is 0.200. The molecule has 4 heteroatoms. The molecule has 0 saturated carbocycles. The number of rotatable bonds is 1. The number of fused-ring (bicyclic) bond motifs is 1. The van der Waals surface area contributed by atoms with Crippen molar-refractivity contribution in [2.45, 2.75) is 20.8 Å². The van der Waals surface area contributed by atoms with Gasteiger partial charge >= 0.3 is 0 Å². The summed E-state index contributed by atoms with van der Waals surface area (Å²) in [4.78, 5) is 12.6. The van der Waals surface area contributed by atoms with Gasteiger partial charge in [0.25, 0.3) is 0 Å². The van der Waals surface area contributed by atoms with Crippen LogP contribution in [0.25, 0.3) is 22.4 Å². The summed E-state index contributed by atoms with van der Waals surface area (Å²) >= 11 is 3.51. The second-order valence-corrected chi connectivity index (χ2v) is 5.71. The first kappa shape index (κ1) is 12.4. The maximum atomic E-state index is 4.70. The van der Waals surface area contributed by atoms with E-state index in [1.54, 1.807) is 0 Å². The molecule has 3 rings (SSSR count). The fourth-order valence-electron chi connectivity index (χ4n) is 2.31. The summed E-state index contributed by atoms with van der Waals surface area (Å²) in [5.74, 6) is 0.876. The zero-order valence-electron chi connectivity index (χ0n) is 11.1. The Kier molecular flexibility index (Phi) is 2.90. The predicted molar refractivity (Wildman–Crippen MR) is 81.2 cm³/mol. The molecule has 3 nitrogen and oxygen atoms in total. The summed E-state index contributed by atoms with van der Waals surface area (Å²) in [7, 11) is 0. The zero-order chi connectivity index (χ0) is 13.6. The molecule has 0 aliphatic carbocycles. The Morgan fingerprint density at radius 1 is 1.05 bits per heavy atom. The lowest BCUT2D eigenvalue weighted by molar-refractivity contribution is 1.11. The molecule has 0 aliphatic heterocycles. The van der Waals surface area contributed by atoms with Crippen molar-refractivity contribution in [2.75, 3.05) is 0 Å². The number of H-pyrrole nitrogens is 1. The molecule has 0 saturated heterocycles. The van der Waals surface area contributed by atoms with Gasteiger partial charge in [0, 0.05) is 21.4 Å². The fourth-order valence-corrected chi connectivity index (χ4v) is 2.88. The summed E-state index contributed by atoms with van der Waals surface area (Å²) in [5.41, 5.74) is 6.29. The van der Waals surface area contributed by atoms with Gasteiger partial charge in [-0.05, 0) is 50.6 Å². The van der Waals surface area contributed by atoms with Crippen LogP contribution in [0.1, 0.15) is 17.0 Å². The van der Waals surface area contributed by atoms with Gasteiger partial charge in [-0.2, -0.15) is 0 Å². The number of halogens is 1. The molecule has 1 N–H and O–H groups in total. The van der Waals surface area contributed by atoms with Gasteiger partial charge in [0.2, 0.25) is 0 Å². The standard InChI is InChI=1S/C15H14BrN3/c1-8-6-11(16)7-13-14(8)19-15(18-13)12-5-4-9(2)17-10(12)3/h4-7H,1-3H3,(H,18,19). The highest BCUT2D eigenvalue weighted by Crippen LogP contribution is 2.27. The highest BCUT2D eigenvalue weighted by Gasteiger charge is 2.10. The summed E-state index contributed by atoms with van der Waals surface area (Å²) in [6.07, 6.45) is 0. The number of nitrogens with one attached hydrogen (secondary N) is 1.